The molecule has 1 heterocycles. The molecule has 1 saturated carbocycles. The Morgan fingerprint density at radius 2 is 1.89 bits per heavy atom. The van der Waals surface area contributed by atoms with Gasteiger partial charge in [0, 0.05) is 9.99 Å². The van der Waals surface area contributed by atoms with Gasteiger partial charge in [-0.05, 0) is 53.6 Å². The Kier molecular flexibility index (Phi) is 3.33. The Morgan fingerprint density at radius 1 is 1.21 bits per heavy atom. The summed E-state index contributed by atoms with van der Waals surface area (Å²) in [6, 6.07) is 5.40. The van der Waals surface area contributed by atoms with Crippen LogP contribution in [0.25, 0.3) is 0 Å². The third kappa shape index (κ3) is 2.09. The fourth-order valence-electron chi connectivity index (χ4n) is 3.14. The van der Waals surface area contributed by atoms with Crippen LogP contribution in [0.5, 0.6) is 0 Å². The Morgan fingerprint density at radius 3 is 2.53 bits per heavy atom. The van der Waals surface area contributed by atoms with Crippen molar-refractivity contribution < 1.29 is 9.59 Å². The summed E-state index contributed by atoms with van der Waals surface area (Å²) < 4.78 is 0.987. The quantitative estimate of drug-likeness (QED) is 0.542. The molecule has 2 fully saturated rings. The van der Waals surface area contributed by atoms with Crippen LogP contribution in [-0.4, -0.2) is 11.8 Å². The zero-order valence-electron chi connectivity index (χ0n) is 10.3. The van der Waals surface area contributed by atoms with Gasteiger partial charge in [0.05, 0.1) is 16.1 Å². The molecule has 0 unspecified atom stereocenters. The van der Waals surface area contributed by atoms with E-state index in [4.69, 9.17) is 11.6 Å². The van der Waals surface area contributed by atoms with E-state index in [-0.39, 0.29) is 11.8 Å². The molecule has 1 aliphatic carbocycles. The number of amides is 2. The lowest BCUT2D eigenvalue weighted by Gasteiger charge is -2.21. The van der Waals surface area contributed by atoms with Crippen LogP contribution in [0.1, 0.15) is 32.1 Å². The molecule has 1 aliphatic heterocycles. The maximum atomic E-state index is 12.6. The summed E-state index contributed by atoms with van der Waals surface area (Å²) in [5, 5.41) is 0.462. The third-order valence-corrected chi connectivity index (χ3v) is 5.08. The molecule has 1 aromatic carbocycles. The second kappa shape index (κ2) is 4.74. The lowest BCUT2D eigenvalue weighted by molar-refractivity contribution is -0.125. The second-order valence-electron chi connectivity index (χ2n) is 5.29. The average Bonchev–Trinajstić information content (AvgIpc) is 2.89. The van der Waals surface area contributed by atoms with Gasteiger partial charge < -0.3 is 0 Å². The van der Waals surface area contributed by atoms with Crippen molar-refractivity contribution in [2.75, 3.05) is 4.90 Å². The van der Waals surface area contributed by atoms with Crippen LogP contribution in [0.4, 0.5) is 5.69 Å². The van der Waals surface area contributed by atoms with Gasteiger partial charge in [-0.3, -0.25) is 9.59 Å². The molecule has 3 rings (SSSR count). The number of nitrogens with zero attached hydrogens (tertiary/aromatic N) is 1. The van der Waals surface area contributed by atoms with Gasteiger partial charge in [-0.1, -0.05) is 24.4 Å². The molecule has 0 aromatic heterocycles. The maximum absolute atomic E-state index is 12.6. The molecular formula is C14H13ClINO2. The van der Waals surface area contributed by atoms with E-state index in [0.717, 1.165) is 29.3 Å². The van der Waals surface area contributed by atoms with Gasteiger partial charge >= 0.3 is 0 Å². The molecule has 0 radical (unpaired) electrons. The number of carbonyl (C=O) groups excluding carboxylic acids is 2. The number of hydrogen-bond acceptors (Lipinski definition) is 2. The van der Waals surface area contributed by atoms with E-state index in [1.807, 2.05) is 6.07 Å². The van der Waals surface area contributed by atoms with Crippen LogP contribution in [0.3, 0.4) is 0 Å². The highest BCUT2D eigenvalue weighted by Gasteiger charge is 2.53. The number of benzene rings is 1. The highest BCUT2D eigenvalue weighted by molar-refractivity contribution is 14.1. The summed E-state index contributed by atoms with van der Waals surface area (Å²) in [7, 11) is 0. The fourth-order valence-corrected chi connectivity index (χ4v) is 4.08. The normalized spacial score (nSPS) is 21.7. The first-order valence-electron chi connectivity index (χ1n) is 6.36. The van der Waals surface area contributed by atoms with Crippen LogP contribution in [0, 0.1) is 8.99 Å². The van der Waals surface area contributed by atoms with E-state index in [0.29, 0.717) is 17.1 Å². The van der Waals surface area contributed by atoms with Gasteiger partial charge in [-0.15, -0.1) is 0 Å². The lowest BCUT2D eigenvalue weighted by atomic mass is 9.84. The van der Waals surface area contributed by atoms with Crippen molar-refractivity contribution in [3.63, 3.8) is 0 Å². The molecule has 5 heteroatoms. The van der Waals surface area contributed by atoms with E-state index in [1.165, 1.54) is 4.90 Å². The Balaban J connectivity index is 2.01. The number of halogens is 2. The van der Waals surface area contributed by atoms with Crippen molar-refractivity contribution >= 4 is 51.7 Å². The van der Waals surface area contributed by atoms with E-state index >= 15 is 0 Å². The van der Waals surface area contributed by atoms with Crippen molar-refractivity contribution in [2.24, 2.45) is 5.41 Å². The Hall–Kier alpha value is -0.620. The van der Waals surface area contributed by atoms with Crippen molar-refractivity contribution in [3.8, 4) is 0 Å². The van der Waals surface area contributed by atoms with Crippen LogP contribution in [-0.2, 0) is 9.59 Å². The average molecular weight is 390 g/mol. The minimum Gasteiger partial charge on any atom is -0.274 e. The molecule has 0 N–H and O–H groups in total. The number of anilines is 1. The van der Waals surface area contributed by atoms with Crippen molar-refractivity contribution in [1.29, 1.82) is 0 Å². The molecule has 2 amide bonds. The summed E-state index contributed by atoms with van der Waals surface area (Å²) in [4.78, 5) is 26.1. The van der Waals surface area contributed by atoms with Gasteiger partial charge in [-0.25, -0.2) is 4.90 Å². The minimum absolute atomic E-state index is 0.0573. The SMILES string of the molecule is O=C1CC2(CCCC2)C(=O)N1c1ccc(I)cc1Cl. The van der Waals surface area contributed by atoms with Crippen molar-refractivity contribution in [3.05, 3.63) is 26.8 Å². The van der Waals surface area contributed by atoms with Gasteiger partial charge in [0.15, 0.2) is 0 Å². The van der Waals surface area contributed by atoms with E-state index < -0.39 is 5.41 Å². The van der Waals surface area contributed by atoms with Gasteiger partial charge in [0.1, 0.15) is 0 Å². The fraction of sp³-hybridized carbons (Fsp3) is 0.429. The molecule has 0 bridgehead atoms. The van der Waals surface area contributed by atoms with E-state index in [1.54, 1.807) is 12.1 Å². The topological polar surface area (TPSA) is 37.4 Å². The number of rotatable bonds is 1. The predicted octanol–water partition coefficient (Wildman–Crippen LogP) is 3.77. The van der Waals surface area contributed by atoms with Crippen LogP contribution in [0.15, 0.2) is 18.2 Å². The molecule has 0 atom stereocenters. The maximum Gasteiger partial charge on any atom is 0.240 e. The predicted molar refractivity (Wildman–Crippen MR) is 82.2 cm³/mol. The number of imide groups is 1. The number of hydrogen-bond donors (Lipinski definition) is 0. The largest absolute Gasteiger partial charge is 0.274 e. The van der Waals surface area contributed by atoms with Crippen LogP contribution < -0.4 is 4.90 Å². The first-order valence-corrected chi connectivity index (χ1v) is 7.82. The summed E-state index contributed by atoms with van der Waals surface area (Å²) in [6.07, 6.45) is 4.07. The smallest absolute Gasteiger partial charge is 0.240 e. The number of carbonyl (C=O) groups is 2. The highest BCUT2D eigenvalue weighted by Crippen LogP contribution is 2.48. The summed E-state index contributed by atoms with van der Waals surface area (Å²) >= 11 is 8.34. The molecule has 1 spiro atoms. The monoisotopic (exact) mass is 389 g/mol. The van der Waals surface area contributed by atoms with E-state index in [9.17, 15) is 9.59 Å². The van der Waals surface area contributed by atoms with Gasteiger partial charge in [0.25, 0.3) is 0 Å². The Bertz CT molecular complexity index is 567. The van der Waals surface area contributed by atoms with Crippen LogP contribution >= 0.6 is 34.2 Å². The standard InChI is InChI=1S/C14H13ClINO2/c15-10-7-9(16)3-4-11(10)17-12(18)8-14(13(17)19)5-1-2-6-14/h3-4,7H,1-2,5-6,8H2. The summed E-state index contributed by atoms with van der Waals surface area (Å²) in [5.74, 6) is -0.173. The first-order chi connectivity index (χ1) is 9.03. The van der Waals surface area contributed by atoms with Crippen molar-refractivity contribution in [1.82, 2.24) is 0 Å². The zero-order chi connectivity index (χ0) is 13.6. The molecule has 100 valence electrons. The van der Waals surface area contributed by atoms with Crippen LogP contribution in [0.2, 0.25) is 5.02 Å². The van der Waals surface area contributed by atoms with E-state index in [2.05, 4.69) is 22.6 Å². The molecule has 2 aliphatic rings. The summed E-state index contributed by atoms with van der Waals surface area (Å²) in [5.41, 5.74) is 0.0875. The Labute approximate surface area is 130 Å². The molecular weight excluding hydrogens is 377 g/mol. The highest BCUT2D eigenvalue weighted by atomic mass is 127. The minimum atomic E-state index is -0.441. The van der Waals surface area contributed by atoms with Gasteiger partial charge in [0.2, 0.25) is 11.8 Å². The van der Waals surface area contributed by atoms with Crippen molar-refractivity contribution in [2.45, 2.75) is 32.1 Å². The third-order valence-electron chi connectivity index (χ3n) is 4.11. The molecule has 1 aromatic rings. The first kappa shape index (κ1) is 13.4. The summed E-state index contributed by atoms with van der Waals surface area (Å²) in [6.45, 7) is 0. The van der Waals surface area contributed by atoms with Gasteiger partial charge in [-0.2, -0.15) is 0 Å². The zero-order valence-corrected chi connectivity index (χ0v) is 13.2. The molecule has 19 heavy (non-hydrogen) atoms. The lowest BCUT2D eigenvalue weighted by Crippen LogP contribution is -2.34. The molecule has 3 nitrogen and oxygen atoms in total. The molecule has 1 saturated heterocycles. The second-order valence-corrected chi connectivity index (χ2v) is 6.95.